The number of nitrogens with zero attached hydrogens (tertiary/aromatic N) is 2. The van der Waals surface area contributed by atoms with Gasteiger partial charge in [0.05, 0.1) is 33.8 Å². The Balaban J connectivity index is 1.29. The number of aromatic nitrogens is 1. The van der Waals surface area contributed by atoms with Crippen molar-refractivity contribution in [2.45, 2.75) is 0 Å². The van der Waals surface area contributed by atoms with Crippen molar-refractivity contribution in [3.05, 3.63) is 231 Å². The molecule has 0 N–H and O–H groups in total. The summed E-state index contributed by atoms with van der Waals surface area (Å²) in [5, 5.41) is 2.39. The Morgan fingerprint density at radius 1 is 0.286 bits per heavy atom. The van der Waals surface area contributed by atoms with Gasteiger partial charge in [-0.05, 0) is 70.3 Å². The molecule has 1 heterocycles. The van der Waals surface area contributed by atoms with Crippen molar-refractivity contribution in [2.24, 2.45) is 0 Å². The molecule has 2 heteroatoms. The van der Waals surface area contributed by atoms with Crippen LogP contribution >= 0.6 is 0 Å². The lowest BCUT2D eigenvalue weighted by atomic mass is 9.97. The van der Waals surface area contributed by atoms with Gasteiger partial charge in [-0.25, -0.2) is 0 Å². The maximum atomic E-state index is 2.49. The SMILES string of the molecule is c1ccc(-c2ccc(-n3c4ccccc4c4c(N(c5ccccc5-c5ccccc5)c5ccccc5-c5ccccc5)cccc43)c(-c3ccccc3)c2)cc1. The number of anilines is 3. The average molecular weight is 715 g/mol. The Hall–Kier alpha value is -7.42. The molecule has 10 rings (SSSR count). The summed E-state index contributed by atoms with van der Waals surface area (Å²) in [6.07, 6.45) is 0. The van der Waals surface area contributed by atoms with Crippen LogP contribution in [0.2, 0.25) is 0 Å². The largest absolute Gasteiger partial charge is 0.309 e. The summed E-state index contributed by atoms with van der Waals surface area (Å²) < 4.78 is 2.47. The fourth-order valence-electron chi connectivity index (χ4n) is 8.29. The minimum Gasteiger partial charge on any atom is -0.309 e. The Kier molecular flexibility index (Phi) is 8.55. The van der Waals surface area contributed by atoms with E-state index in [-0.39, 0.29) is 0 Å². The van der Waals surface area contributed by atoms with E-state index in [0.29, 0.717) is 0 Å². The summed E-state index contributed by atoms with van der Waals surface area (Å²) in [5.74, 6) is 0. The van der Waals surface area contributed by atoms with Crippen LogP contribution in [0, 0.1) is 0 Å². The molecular formula is C54H38N2. The fraction of sp³-hybridized carbons (Fsp3) is 0. The minimum absolute atomic E-state index is 1.11. The van der Waals surface area contributed by atoms with Gasteiger partial charge < -0.3 is 9.47 Å². The number of benzene rings is 9. The molecule has 0 fully saturated rings. The van der Waals surface area contributed by atoms with Gasteiger partial charge in [0, 0.05) is 27.5 Å². The molecule has 264 valence electrons. The van der Waals surface area contributed by atoms with E-state index in [1.165, 1.54) is 55.3 Å². The predicted molar refractivity (Wildman–Crippen MR) is 237 cm³/mol. The average Bonchev–Trinajstić information content (AvgIpc) is 3.63. The van der Waals surface area contributed by atoms with Crippen LogP contribution in [-0.4, -0.2) is 4.57 Å². The van der Waals surface area contributed by atoms with E-state index in [9.17, 15) is 0 Å². The van der Waals surface area contributed by atoms with Crippen molar-refractivity contribution in [1.29, 1.82) is 0 Å². The highest BCUT2D eigenvalue weighted by Crippen LogP contribution is 2.49. The van der Waals surface area contributed by atoms with Crippen molar-refractivity contribution in [2.75, 3.05) is 4.90 Å². The van der Waals surface area contributed by atoms with Crippen LogP contribution in [0.4, 0.5) is 17.1 Å². The van der Waals surface area contributed by atoms with Crippen LogP contribution < -0.4 is 4.90 Å². The lowest BCUT2D eigenvalue weighted by Gasteiger charge is -2.30. The molecule has 0 aliphatic rings. The van der Waals surface area contributed by atoms with Crippen LogP contribution in [0.3, 0.4) is 0 Å². The number of hydrogen-bond donors (Lipinski definition) is 0. The van der Waals surface area contributed by atoms with Gasteiger partial charge in [-0.1, -0.05) is 188 Å². The smallest absolute Gasteiger partial charge is 0.0562 e. The van der Waals surface area contributed by atoms with E-state index in [1.54, 1.807) is 0 Å². The van der Waals surface area contributed by atoms with Crippen molar-refractivity contribution in [1.82, 2.24) is 4.57 Å². The molecule has 1 aromatic heterocycles. The molecule has 9 aromatic carbocycles. The number of fused-ring (bicyclic) bond motifs is 3. The van der Waals surface area contributed by atoms with Gasteiger partial charge in [0.1, 0.15) is 0 Å². The monoisotopic (exact) mass is 714 g/mol. The molecule has 0 spiro atoms. The third kappa shape index (κ3) is 5.85. The molecular weight excluding hydrogens is 677 g/mol. The zero-order chi connectivity index (χ0) is 37.3. The van der Waals surface area contributed by atoms with Crippen molar-refractivity contribution < 1.29 is 0 Å². The number of rotatable bonds is 8. The van der Waals surface area contributed by atoms with Crippen molar-refractivity contribution in [3.63, 3.8) is 0 Å². The molecule has 0 atom stereocenters. The summed E-state index contributed by atoms with van der Waals surface area (Å²) in [6, 6.07) is 83.1. The molecule has 0 aliphatic heterocycles. The second-order valence-corrected chi connectivity index (χ2v) is 14.1. The van der Waals surface area contributed by atoms with Crippen molar-refractivity contribution in [3.8, 4) is 50.2 Å². The van der Waals surface area contributed by atoms with Gasteiger partial charge in [0.25, 0.3) is 0 Å². The summed E-state index contributed by atoms with van der Waals surface area (Å²) in [4.78, 5) is 2.49. The highest BCUT2D eigenvalue weighted by Gasteiger charge is 2.25. The lowest BCUT2D eigenvalue weighted by molar-refractivity contribution is 1.18. The highest BCUT2D eigenvalue weighted by molar-refractivity contribution is 6.17. The van der Waals surface area contributed by atoms with Crippen LogP contribution in [0.5, 0.6) is 0 Å². The molecule has 10 aromatic rings. The maximum absolute atomic E-state index is 2.49. The summed E-state index contributed by atoms with van der Waals surface area (Å²) >= 11 is 0. The predicted octanol–water partition coefficient (Wildman–Crippen LogP) is 14.9. The van der Waals surface area contributed by atoms with Gasteiger partial charge in [0.2, 0.25) is 0 Å². The topological polar surface area (TPSA) is 8.17 Å². The molecule has 0 amide bonds. The second-order valence-electron chi connectivity index (χ2n) is 14.1. The zero-order valence-corrected chi connectivity index (χ0v) is 30.8. The Labute approximate surface area is 327 Å². The van der Waals surface area contributed by atoms with E-state index < -0.39 is 0 Å². The first kappa shape index (κ1) is 33.2. The summed E-state index contributed by atoms with van der Waals surface area (Å²) in [5.41, 5.74) is 16.2. The Bertz CT molecular complexity index is 2860. The van der Waals surface area contributed by atoms with E-state index in [1.807, 2.05) is 0 Å². The fourth-order valence-corrected chi connectivity index (χ4v) is 8.29. The quantitative estimate of drug-likeness (QED) is 0.152. The van der Waals surface area contributed by atoms with Crippen molar-refractivity contribution >= 4 is 38.9 Å². The van der Waals surface area contributed by atoms with Crippen LogP contribution in [0.15, 0.2) is 231 Å². The standard InChI is InChI=1S/C54H38N2/c1-5-20-39(21-6-1)43-36-37-51(47(38-43)42-26-11-4-12-27-42)56-50-33-18-15-30-46(50)54-52(34-19-35-53(54)56)55(48-31-16-13-28-44(48)40-22-7-2-8-23-40)49-32-17-14-29-45(49)41-24-9-3-10-25-41/h1-38H. The number of hydrogen-bond acceptors (Lipinski definition) is 1. The van der Waals surface area contributed by atoms with Crippen LogP contribution in [0.25, 0.3) is 72.0 Å². The van der Waals surface area contributed by atoms with Crippen LogP contribution in [0.1, 0.15) is 0 Å². The lowest BCUT2D eigenvalue weighted by Crippen LogP contribution is -2.13. The highest BCUT2D eigenvalue weighted by atomic mass is 15.2. The van der Waals surface area contributed by atoms with Gasteiger partial charge in [-0.2, -0.15) is 0 Å². The summed E-state index contributed by atoms with van der Waals surface area (Å²) in [7, 11) is 0. The zero-order valence-electron chi connectivity index (χ0n) is 30.8. The van der Waals surface area contributed by atoms with Gasteiger partial charge in [-0.3, -0.25) is 0 Å². The van der Waals surface area contributed by atoms with Gasteiger partial charge >= 0.3 is 0 Å². The maximum Gasteiger partial charge on any atom is 0.0562 e. The minimum atomic E-state index is 1.11. The van der Waals surface area contributed by atoms with E-state index in [4.69, 9.17) is 0 Å². The Morgan fingerprint density at radius 2 is 0.732 bits per heavy atom. The second kappa shape index (κ2) is 14.4. The molecule has 0 saturated carbocycles. The molecule has 0 unspecified atom stereocenters. The van der Waals surface area contributed by atoms with E-state index in [2.05, 4.69) is 240 Å². The molecule has 0 saturated heterocycles. The first-order valence-corrected chi connectivity index (χ1v) is 19.2. The summed E-state index contributed by atoms with van der Waals surface area (Å²) in [6.45, 7) is 0. The molecule has 0 bridgehead atoms. The first-order chi connectivity index (χ1) is 27.8. The number of para-hydroxylation sites is 3. The third-order valence-corrected chi connectivity index (χ3v) is 10.8. The Morgan fingerprint density at radius 3 is 1.32 bits per heavy atom. The molecule has 56 heavy (non-hydrogen) atoms. The van der Waals surface area contributed by atoms with Gasteiger partial charge in [-0.15, -0.1) is 0 Å². The first-order valence-electron chi connectivity index (χ1n) is 19.2. The van der Waals surface area contributed by atoms with Gasteiger partial charge in [0.15, 0.2) is 0 Å². The van der Waals surface area contributed by atoms with E-state index in [0.717, 1.165) is 33.8 Å². The molecule has 0 radical (unpaired) electrons. The molecule has 0 aliphatic carbocycles. The normalized spacial score (nSPS) is 11.2. The molecule has 2 nitrogen and oxygen atoms in total. The van der Waals surface area contributed by atoms with Crippen LogP contribution in [-0.2, 0) is 0 Å². The van der Waals surface area contributed by atoms with E-state index >= 15 is 0 Å². The third-order valence-electron chi connectivity index (χ3n) is 10.8.